The molecule has 1 saturated heterocycles. The van der Waals surface area contributed by atoms with E-state index < -0.39 is 11.9 Å². The molecule has 0 unspecified atom stereocenters. The standard InChI is InChI=1S/C17H23N5O4S/c23-8-7-21-3-5-22(6-4-21)11-12(17(25)26)9-16(24)18-13-1-2-14-15(10-13)20-27-19-14/h1-2,10,12,23H,3-9,11H2,(H,18,24)(H,25,26)/t12-/m0/s1. The predicted molar refractivity (Wildman–Crippen MR) is 102 cm³/mol. The van der Waals surface area contributed by atoms with Gasteiger partial charge in [-0.05, 0) is 18.2 Å². The van der Waals surface area contributed by atoms with Crippen molar-refractivity contribution in [2.75, 3.05) is 51.2 Å². The van der Waals surface area contributed by atoms with Crippen LogP contribution in [0.2, 0.25) is 0 Å². The third-order valence-corrected chi connectivity index (χ3v) is 5.23. The van der Waals surface area contributed by atoms with Crippen molar-refractivity contribution in [2.24, 2.45) is 5.92 Å². The van der Waals surface area contributed by atoms with Crippen molar-refractivity contribution in [3.63, 3.8) is 0 Å². The van der Waals surface area contributed by atoms with Crippen LogP contribution in [0.1, 0.15) is 6.42 Å². The van der Waals surface area contributed by atoms with Gasteiger partial charge in [0.2, 0.25) is 5.91 Å². The predicted octanol–water partition coefficient (Wildman–Crippen LogP) is 0.331. The topological polar surface area (TPSA) is 119 Å². The maximum atomic E-state index is 12.3. The number of benzene rings is 1. The second-order valence-electron chi connectivity index (χ2n) is 6.62. The SMILES string of the molecule is O=C(C[C@@H](CN1CCN(CCO)CC1)C(=O)O)Nc1ccc2nsnc2c1. The first-order valence-corrected chi connectivity index (χ1v) is 9.58. The second kappa shape index (κ2) is 9.18. The molecule has 0 saturated carbocycles. The van der Waals surface area contributed by atoms with Gasteiger partial charge in [0, 0.05) is 51.4 Å². The summed E-state index contributed by atoms with van der Waals surface area (Å²) in [6.45, 7) is 4.16. The summed E-state index contributed by atoms with van der Waals surface area (Å²) in [7, 11) is 0. The average molecular weight is 393 g/mol. The number of nitrogens with zero attached hydrogens (tertiary/aromatic N) is 4. The number of piperazine rings is 1. The molecule has 0 radical (unpaired) electrons. The number of carboxylic acids is 1. The van der Waals surface area contributed by atoms with E-state index in [2.05, 4.69) is 23.9 Å². The molecule has 1 fully saturated rings. The highest BCUT2D eigenvalue weighted by Crippen LogP contribution is 2.18. The molecule has 2 aromatic rings. The van der Waals surface area contributed by atoms with Crippen molar-refractivity contribution in [3.05, 3.63) is 18.2 Å². The van der Waals surface area contributed by atoms with E-state index in [4.69, 9.17) is 5.11 Å². The van der Waals surface area contributed by atoms with E-state index in [0.29, 0.717) is 24.3 Å². The Morgan fingerprint density at radius 2 is 1.85 bits per heavy atom. The molecule has 2 heterocycles. The molecule has 27 heavy (non-hydrogen) atoms. The van der Waals surface area contributed by atoms with E-state index >= 15 is 0 Å². The van der Waals surface area contributed by atoms with Crippen molar-refractivity contribution >= 4 is 40.3 Å². The Hall–Kier alpha value is -2.14. The molecule has 10 heteroatoms. The van der Waals surface area contributed by atoms with E-state index in [-0.39, 0.29) is 18.9 Å². The number of amides is 1. The molecule has 0 spiro atoms. The van der Waals surface area contributed by atoms with Crippen LogP contribution in [-0.4, -0.2) is 86.5 Å². The minimum atomic E-state index is -0.970. The van der Waals surface area contributed by atoms with Crippen LogP contribution in [0.4, 0.5) is 5.69 Å². The van der Waals surface area contributed by atoms with Crippen LogP contribution in [0.25, 0.3) is 11.0 Å². The lowest BCUT2D eigenvalue weighted by Crippen LogP contribution is -2.49. The van der Waals surface area contributed by atoms with Crippen molar-refractivity contribution in [1.82, 2.24) is 18.5 Å². The van der Waals surface area contributed by atoms with E-state index in [1.54, 1.807) is 18.2 Å². The molecule has 146 valence electrons. The monoisotopic (exact) mass is 393 g/mol. The van der Waals surface area contributed by atoms with Gasteiger partial charge >= 0.3 is 5.97 Å². The van der Waals surface area contributed by atoms with Crippen molar-refractivity contribution < 1.29 is 19.8 Å². The Labute approximate surface area is 160 Å². The minimum Gasteiger partial charge on any atom is -0.481 e. The summed E-state index contributed by atoms with van der Waals surface area (Å²) in [4.78, 5) is 28.1. The van der Waals surface area contributed by atoms with Gasteiger partial charge in [0.1, 0.15) is 11.0 Å². The highest BCUT2D eigenvalue weighted by Gasteiger charge is 2.26. The highest BCUT2D eigenvalue weighted by molar-refractivity contribution is 7.00. The number of carboxylic acid groups (broad SMARTS) is 1. The van der Waals surface area contributed by atoms with Gasteiger partial charge in [-0.15, -0.1) is 0 Å². The zero-order chi connectivity index (χ0) is 19.2. The van der Waals surface area contributed by atoms with Gasteiger partial charge in [0.15, 0.2) is 0 Å². The third-order valence-electron chi connectivity index (χ3n) is 4.68. The molecule has 1 amide bonds. The molecule has 0 bridgehead atoms. The van der Waals surface area contributed by atoms with Crippen LogP contribution < -0.4 is 5.32 Å². The molecule has 9 nitrogen and oxygen atoms in total. The molecule has 1 aliphatic heterocycles. The molecule has 1 aromatic heterocycles. The van der Waals surface area contributed by atoms with Crippen LogP contribution in [0.3, 0.4) is 0 Å². The molecule has 3 rings (SSSR count). The number of fused-ring (bicyclic) bond motifs is 1. The van der Waals surface area contributed by atoms with Gasteiger partial charge in [-0.1, -0.05) is 0 Å². The summed E-state index contributed by atoms with van der Waals surface area (Å²) >= 11 is 1.10. The summed E-state index contributed by atoms with van der Waals surface area (Å²) < 4.78 is 8.24. The number of hydrogen-bond donors (Lipinski definition) is 3. The smallest absolute Gasteiger partial charge is 0.308 e. The number of rotatable bonds is 8. The average Bonchev–Trinajstić information content (AvgIpc) is 3.10. The quantitative estimate of drug-likeness (QED) is 0.587. The highest BCUT2D eigenvalue weighted by atomic mass is 32.1. The molecule has 3 N–H and O–H groups in total. The summed E-state index contributed by atoms with van der Waals surface area (Å²) in [6.07, 6.45) is -0.0838. The van der Waals surface area contributed by atoms with Crippen molar-refractivity contribution in [1.29, 1.82) is 0 Å². The van der Waals surface area contributed by atoms with Crippen LogP contribution in [0.5, 0.6) is 0 Å². The number of hydrogen-bond acceptors (Lipinski definition) is 8. The fraction of sp³-hybridized carbons (Fsp3) is 0.529. The summed E-state index contributed by atoms with van der Waals surface area (Å²) in [6, 6.07) is 5.24. The third kappa shape index (κ3) is 5.42. The second-order valence-corrected chi connectivity index (χ2v) is 7.15. The Balaban J connectivity index is 1.52. The summed E-state index contributed by atoms with van der Waals surface area (Å²) in [5.74, 6) is -2.06. The van der Waals surface area contributed by atoms with Crippen LogP contribution in [0, 0.1) is 5.92 Å². The fourth-order valence-electron chi connectivity index (χ4n) is 3.17. The van der Waals surface area contributed by atoms with Crippen LogP contribution >= 0.6 is 11.7 Å². The Bertz CT molecular complexity index is 790. The summed E-state index contributed by atoms with van der Waals surface area (Å²) in [5.41, 5.74) is 2.05. The van der Waals surface area contributed by atoms with Gasteiger partial charge < -0.3 is 15.5 Å². The van der Waals surface area contributed by atoms with Gasteiger partial charge in [0.05, 0.1) is 24.3 Å². The van der Waals surface area contributed by atoms with Crippen molar-refractivity contribution in [2.45, 2.75) is 6.42 Å². The van der Waals surface area contributed by atoms with Gasteiger partial charge in [-0.25, -0.2) is 0 Å². The first kappa shape index (κ1) is 19.6. The maximum Gasteiger partial charge on any atom is 0.308 e. The van der Waals surface area contributed by atoms with E-state index in [1.807, 2.05) is 0 Å². The molecule has 1 aliphatic rings. The zero-order valence-corrected chi connectivity index (χ0v) is 15.7. The van der Waals surface area contributed by atoms with E-state index in [0.717, 1.165) is 43.4 Å². The first-order valence-electron chi connectivity index (χ1n) is 8.85. The minimum absolute atomic E-state index is 0.0838. The fourth-order valence-corrected chi connectivity index (χ4v) is 3.69. The molecular formula is C17H23N5O4S. The normalized spacial score (nSPS) is 17.1. The number of aromatic nitrogens is 2. The lowest BCUT2D eigenvalue weighted by Gasteiger charge is -2.35. The number of aliphatic carboxylic acids is 1. The number of aliphatic hydroxyl groups excluding tert-OH is 1. The molecular weight excluding hydrogens is 370 g/mol. The number of carbonyl (C=O) groups is 2. The lowest BCUT2D eigenvalue weighted by molar-refractivity contribution is -0.144. The largest absolute Gasteiger partial charge is 0.481 e. The molecule has 1 atom stereocenters. The number of β-amino-alcohol motifs (C(OH)–C–C–N with tert-alkyl or cyclic N) is 1. The van der Waals surface area contributed by atoms with Crippen LogP contribution in [0.15, 0.2) is 18.2 Å². The number of anilines is 1. The Kier molecular flexibility index (Phi) is 6.67. The first-order chi connectivity index (χ1) is 13.0. The Morgan fingerprint density at radius 3 is 2.56 bits per heavy atom. The number of nitrogens with one attached hydrogen (secondary N) is 1. The zero-order valence-electron chi connectivity index (χ0n) is 14.9. The van der Waals surface area contributed by atoms with Gasteiger partial charge in [0.25, 0.3) is 0 Å². The number of aliphatic hydroxyl groups is 1. The van der Waals surface area contributed by atoms with E-state index in [1.165, 1.54) is 0 Å². The maximum absolute atomic E-state index is 12.3. The molecule has 1 aromatic carbocycles. The number of carbonyl (C=O) groups excluding carboxylic acids is 1. The van der Waals surface area contributed by atoms with E-state index in [9.17, 15) is 14.7 Å². The van der Waals surface area contributed by atoms with Gasteiger partial charge in [-0.3, -0.25) is 19.4 Å². The summed E-state index contributed by atoms with van der Waals surface area (Å²) in [5, 5.41) is 21.2. The Morgan fingerprint density at radius 1 is 1.15 bits per heavy atom. The van der Waals surface area contributed by atoms with Gasteiger partial charge in [-0.2, -0.15) is 8.75 Å². The van der Waals surface area contributed by atoms with Crippen molar-refractivity contribution in [3.8, 4) is 0 Å². The van der Waals surface area contributed by atoms with Crippen LogP contribution in [-0.2, 0) is 9.59 Å². The lowest BCUT2D eigenvalue weighted by atomic mass is 10.0. The molecule has 0 aliphatic carbocycles.